The molecule has 18 heteroatoms. The molecule has 0 saturated heterocycles. The van der Waals surface area contributed by atoms with Gasteiger partial charge in [-0.3, -0.25) is 0 Å². The number of alkyl halides is 18. The molecule has 0 aromatic rings. The van der Waals surface area contributed by atoms with Crippen LogP contribution in [0.3, 0.4) is 0 Å². The lowest BCUT2D eigenvalue weighted by molar-refractivity contribution is -0.462. The van der Waals surface area contributed by atoms with Gasteiger partial charge in [0.2, 0.25) is 0 Å². The molecule has 0 amide bonds. The van der Waals surface area contributed by atoms with E-state index in [-0.39, 0.29) is 0 Å². The summed E-state index contributed by atoms with van der Waals surface area (Å²) in [6, 6.07) is 0. The van der Waals surface area contributed by atoms with Crippen molar-refractivity contribution in [1.82, 2.24) is 0 Å². The van der Waals surface area contributed by atoms with Crippen molar-refractivity contribution in [3.8, 4) is 0 Å². The minimum Gasteiger partial charge on any atom is -0.200 e. The van der Waals surface area contributed by atoms with Crippen molar-refractivity contribution < 1.29 is 74.6 Å². The van der Waals surface area contributed by atoms with Crippen molar-refractivity contribution in [3.63, 3.8) is 0 Å². The van der Waals surface area contributed by atoms with Crippen molar-refractivity contribution in [1.29, 1.82) is 0 Å². The molecule has 0 bridgehead atoms. The van der Waals surface area contributed by atoms with Crippen LogP contribution in [-0.2, 0) is 0 Å². The van der Waals surface area contributed by atoms with E-state index in [1.54, 1.807) is 0 Å². The highest BCUT2D eigenvalue weighted by atomic mass is 127. The van der Waals surface area contributed by atoms with Crippen molar-refractivity contribution in [2.24, 2.45) is 0 Å². The molecule has 0 rings (SSSR count). The summed E-state index contributed by atoms with van der Waals surface area (Å²) < 4.78 is 222. The van der Waals surface area contributed by atoms with E-state index in [9.17, 15) is 74.6 Å². The Hall–Kier alpha value is -0.460. The van der Waals surface area contributed by atoms with Gasteiger partial charge in [0.05, 0.1) is 0 Å². The highest BCUT2D eigenvalue weighted by Crippen LogP contribution is 2.64. The minimum atomic E-state index is -8.58. The molecular formula is C14H12F17I. The van der Waals surface area contributed by atoms with E-state index >= 15 is 0 Å². The maximum Gasteiger partial charge on any atom is 0.460 e. The van der Waals surface area contributed by atoms with Crippen LogP contribution < -0.4 is 0 Å². The summed E-state index contributed by atoms with van der Waals surface area (Å²) in [6.45, 7) is 2.09. The number of hydrogen-bond acceptors (Lipinski definition) is 0. The Bertz CT molecular complexity index is 659. The van der Waals surface area contributed by atoms with Crippen molar-refractivity contribution >= 4 is 22.6 Å². The van der Waals surface area contributed by atoms with Crippen molar-refractivity contribution in [2.75, 3.05) is 0 Å². The maximum atomic E-state index is 13.9. The molecule has 0 spiro atoms. The molecular weight excluding hydrogens is 618 g/mol. The van der Waals surface area contributed by atoms with Gasteiger partial charge in [-0.1, -0.05) is 36.4 Å². The van der Waals surface area contributed by atoms with E-state index in [1.165, 1.54) is 0 Å². The van der Waals surface area contributed by atoms with E-state index < -0.39 is 70.3 Å². The first kappa shape index (κ1) is 31.5. The number of rotatable bonds is 10. The first-order valence-corrected chi connectivity index (χ1v) is 9.06. The van der Waals surface area contributed by atoms with E-state index in [0.717, 1.165) is 36.4 Å². The maximum absolute atomic E-state index is 13.9. The minimum absolute atomic E-state index is 0.496. The topological polar surface area (TPSA) is 0 Å². The molecule has 0 unspecified atom stereocenters. The molecule has 0 heterocycles. The normalized spacial score (nSPS) is 16.5. The van der Waals surface area contributed by atoms with Gasteiger partial charge in [0.15, 0.2) is 0 Å². The zero-order valence-corrected chi connectivity index (χ0v) is 17.6. The van der Waals surface area contributed by atoms with Crippen molar-refractivity contribution in [2.45, 2.75) is 84.2 Å². The zero-order chi connectivity index (χ0) is 26.6. The lowest BCUT2D eigenvalue weighted by Crippen LogP contribution is -2.74. The monoisotopic (exact) mass is 630 g/mol. The highest BCUT2D eigenvalue weighted by molar-refractivity contribution is 14.1. The Morgan fingerprint density at radius 1 is 0.438 bits per heavy atom. The van der Waals surface area contributed by atoms with Crippen LogP contribution in [0.15, 0.2) is 0 Å². The zero-order valence-electron chi connectivity index (χ0n) is 15.4. The second kappa shape index (κ2) is 8.34. The highest BCUT2D eigenvalue weighted by Gasteiger charge is 2.95. The lowest BCUT2D eigenvalue weighted by Gasteiger charge is -2.43. The molecule has 0 N–H and O–H groups in total. The lowest BCUT2D eigenvalue weighted by atomic mass is 9.85. The largest absolute Gasteiger partial charge is 0.460 e. The quantitative estimate of drug-likeness (QED) is 0.129. The van der Waals surface area contributed by atoms with Gasteiger partial charge in [0.1, 0.15) is 0 Å². The average Bonchev–Trinajstić information content (AvgIpc) is 2.59. The predicted molar refractivity (Wildman–Crippen MR) is 82.6 cm³/mol. The Kier molecular flexibility index (Phi) is 8.22. The first-order chi connectivity index (χ1) is 13.6. The second-order valence-electron chi connectivity index (χ2n) is 6.68. The van der Waals surface area contributed by atoms with E-state index in [2.05, 4.69) is 0 Å². The summed E-state index contributed by atoms with van der Waals surface area (Å²) in [5.41, 5.74) is 0. The molecule has 0 aromatic heterocycles. The van der Waals surface area contributed by atoms with Gasteiger partial charge in [-0.2, -0.15) is 74.6 Å². The number of halogens is 18. The molecule has 0 aromatic carbocycles. The Labute approximate surface area is 182 Å². The Balaban J connectivity index is 6.72. The Morgan fingerprint density at radius 3 is 0.938 bits per heavy atom. The van der Waals surface area contributed by atoms with E-state index in [0.29, 0.717) is 0 Å². The van der Waals surface area contributed by atoms with Gasteiger partial charge in [0, 0.05) is 9.84 Å². The SMILES string of the molecule is CCC(I)(CC)CC(F)(F)C(F)(F)C(F)(F)C(F)(F)C(F)(F)C(F)(F)C(F)(F)C(F)(F)F. The van der Waals surface area contributed by atoms with Gasteiger partial charge in [0.25, 0.3) is 0 Å². The summed E-state index contributed by atoms with van der Waals surface area (Å²) in [5, 5.41) is 0. The second-order valence-corrected chi connectivity index (χ2v) is 8.97. The smallest absolute Gasteiger partial charge is 0.200 e. The van der Waals surface area contributed by atoms with Crippen LogP contribution in [0.5, 0.6) is 0 Å². The van der Waals surface area contributed by atoms with Crippen LogP contribution in [-0.4, -0.2) is 51.1 Å². The third-order valence-electron chi connectivity index (χ3n) is 4.59. The molecule has 0 nitrogen and oxygen atoms in total. The van der Waals surface area contributed by atoms with Gasteiger partial charge < -0.3 is 0 Å². The fraction of sp³-hybridized carbons (Fsp3) is 1.00. The summed E-state index contributed by atoms with van der Waals surface area (Å²) in [7, 11) is 0. The predicted octanol–water partition coefficient (Wildman–Crippen LogP) is 8.38. The summed E-state index contributed by atoms with van der Waals surface area (Å²) >= 11 is 1.03. The third kappa shape index (κ3) is 4.33. The molecule has 0 aliphatic heterocycles. The van der Waals surface area contributed by atoms with Crippen LogP contribution in [0.1, 0.15) is 33.1 Å². The van der Waals surface area contributed by atoms with Crippen LogP contribution in [0.25, 0.3) is 0 Å². The Morgan fingerprint density at radius 2 is 0.688 bits per heavy atom. The molecule has 0 atom stereocenters. The van der Waals surface area contributed by atoms with Gasteiger partial charge in [-0.25, -0.2) is 0 Å². The first-order valence-electron chi connectivity index (χ1n) is 7.98. The van der Waals surface area contributed by atoms with Crippen LogP contribution >= 0.6 is 22.6 Å². The molecule has 32 heavy (non-hydrogen) atoms. The summed E-state index contributed by atoms with van der Waals surface area (Å²) in [4.78, 5) is 0. The number of hydrogen-bond donors (Lipinski definition) is 0. The van der Waals surface area contributed by atoms with Crippen LogP contribution in [0.4, 0.5) is 74.6 Å². The van der Waals surface area contributed by atoms with Gasteiger partial charge in [-0.15, -0.1) is 0 Å². The van der Waals surface area contributed by atoms with Gasteiger partial charge in [-0.05, 0) is 12.8 Å². The fourth-order valence-corrected chi connectivity index (χ4v) is 2.68. The van der Waals surface area contributed by atoms with Crippen LogP contribution in [0.2, 0.25) is 0 Å². The summed E-state index contributed by atoms with van der Waals surface area (Å²) in [5.74, 6) is -55.9. The summed E-state index contributed by atoms with van der Waals surface area (Å²) in [6.07, 6.45) is -11.1. The molecule has 0 aliphatic carbocycles. The molecule has 0 fully saturated rings. The standard InChI is InChI=1S/C14H12F17I/c1-3-6(32,4-2)5-7(15,16)8(17,18)9(19,20)10(21,22)11(23,24)12(25,26)13(27,28)14(29,30)31/h3-5H2,1-2H3. The van der Waals surface area contributed by atoms with Gasteiger partial charge >= 0.3 is 47.6 Å². The van der Waals surface area contributed by atoms with Crippen LogP contribution in [0, 0.1) is 0 Å². The van der Waals surface area contributed by atoms with Crippen molar-refractivity contribution in [3.05, 3.63) is 0 Å². The molecule has 0 radical (unpaired) electrons. The van der Waals surface area contributed by atoms with E-state index in [4.69, 9.17) is 0 Å². The molecule has 0 aliphatic rings. The van der Waals surface area contributed by atoms with E-state index in [1.807, 2.05) is 0 Å². The average molecular weight is 630 g/mol. The third-order valence-corrected chi connectivity index (χ3v) is 6.50. The fourth-order valence-electron chi connectivity index (χ4n) is 2.21. The molecule has 0 saturated carbocycles. The molecule has 194 valence electrons.